The van der Waals surface area contributed by atoms with Gasteiger partial charge in [-0.1, -0.05) is 202 Å². The van der Waals surface area contributed by atoms with Gasteiger partial charge in [0.15, 0.2) is 37.4 Å². The molecule has 4 aliphatic heterocycles. The van der Waals surface area contributed by atoms with E-state index in [0.717, 1.165) is 30.4 Å². The van der Waals surface area contributed by atoms with Gasteiger partial charge in [-0.05, 0) is 89.4 Å². The average molecular weight is 1180 g/mol. The van der Waals surface area contributed by atoms with Gasteiger partial charge in [-0.15, -0.1) is 0 Å². The highest BCUT2D eigenvalue weighted by Crippen LogP contribution is 2.46. The molecule has 7 rings (SSSR count). The van der Waals surface area contributed by atoms with Crippen LogP contribution in [-0.2, 0) is 70.1 Å². The molecule has 4 fully saturated rings. The number of hydrogen-bond donors (Lipinski definition) is 0. The summed E-state index contributed by atoms with van der Waals surface area (Å²) in [6, 6.07) is 28.6. The van der Waals surface area contributed by atoms with Gasteiger partial charge in [0.1, 0.15) is 18.8 Å². The third-order valence-corrected chi connectivity index (χ3v) is 20.1. The molecule has 8 unspecified atom stereocenters. The quantitative estimate of drug-likeness (QED) is 0.0425. The number of rotatable bonds is 26. The maximum Gasteiger partial charge on any atom is 0.410 e. The number of ether oxygens (including phenoxy) is 11. The summed E-state index contributed by atoms with van der Waals surface area (Å²) in [4.78, 5) is 42.5. The van der Waals surface area contributed by atoms with Crippen molar-refractivity contribution in [2.24, 2.45) is 65.1 Å². The summed E-state index contributed by atoms with van der Waals surface area (Å²) in [5, 5.41) is 0. The minimum absolute atomic E-state index is 0.0373. The van der Waals surface area contributed by atoms with E-state index < -0.39 is 79.8 Å². The minimum atomic E-state index is -1.06. The largest absolute Gasteiger partial charge is 0.457 e. The van der Waals surface area contributed by atoms with Crippen LogP contribution in [0.25, 0.3) is 0 Å². The Morgan fingerprint density at radius 3 is 1.42 bits per heavy atom. The van der Waals surface area contributed by atoms with Gasteiger partial charge in [0.2, 0.25) is 0 Å². The summed E-state index contributed by atoms with van der Waals surface area (Å²) < 4.78 is 75.7. The van der Waals surface area contributed by atoms with E-state index in [4.69, 9.17) is 52.1 Å². The fourth-order valence-electron chi connectivity index (χ4n) is 13.2. The summed E-state index contributed by atoms with van der Waals surface area (Å²) in [5.41, 5.74) is 2.36. The van der Waals surface area contributed by atoms with Gasteiger partial charge in [-0.25, -0.2) is 9.59 Å². The molecule has 0 bridgehead atoms. The Labute approximate surface area is 509 Å². The van der Waals surface area contributed by atoms with Crippen molar-refractivity contribution in [3.63, 3.8) is 0 Å². The van der Waals surface area contributed by atoms with Gasteiger partial charge in [0, 0.05) is 31.8 Å². The molecule has 0 aliphatic carbocycles. The molecule has 474 valence electrons. The summed E-state index contributed by atoms with van der Waals surface area (Å²) in [7, 11) is 0. The molecule has 4 saturated heterocycles. The van der Waals surface area contributed by atoms with Crippen LogP contribution in [0.3, 0.4) is 0 Å². The van der Waals surface area contributed by atoms with Crippen molar-refractivity contribution in [2.45, 2.75) is 236 Å². The molecule has 85 heavy (non-hydrogen) atoms. The van der Waals surface area contributed by atoms with Crippen LogP contribution in [0.1, 0.15) is 164 Å². The highest BCUT2D eigenvalue weighted by Gasteiger charge is 2.55. The van der Waals surface area contributed by atoms with Crippen LogP contribution in [0.4, 0.5) is 4.79 Å². The monoisotopic (exact) mass is 1180 g/mol. The molecular weight excluding hydrogens is 1080 g/mol. The molecule has 15 nitrogen and oxygen atoms in total. The molecule has 15 heteroatoms. The number of hydrogen-bond acceptors (Lipinski definition) is 14. The van der Waals surface area contributed by atoms with Crippen LogP contribution in [0, 0.1) is 65.1 Å². The highest BCUT2D eigenvalue weighted by atomic mass is 16.8. The fraction of sp³-hybridized carbons (Fsp3) is 0.700. The van der Waals surface area contributed by atoms with Gasteiger partial charge in [-0.3, -0.25) is 4.79 Å². The summed E-state index contributed by atoms with van der Waals surface area (Å²) >= 11 is 0. The Bertz CT molecular complexity index is 2470. The third-order valence-electron chi connectivity index (χ3n) is 20.1. The molecule has 0 N–H and O–H groups in total. The van der Waals surface area contributed by atoms with Crippen molar-refractivity contribution < 1.29 is 66.5 Å². The van der Waals surface area contributed by atoms with Crippen molar-refractivity contribution in [1.29, 1.82) is 0 Å². The number of carbonyl (C=O) groups excluding carboxylic acids is 3. The lowest BCUT2D eigenvalue weighted by molar-refractivity contribution is -0.383. The number of amides is 1. The lowest BCUT2D eigenvalue weighted by Crippen LogP contribution is -2.62. The van der Waals surface area contributed by atoms with Crippen LogP contribution < -0.4 is 0 Å². The van der Waals surface area contributed by atoms with Crippen LogP contribution in [-0.4, -0.2) is 116 Å². The molecule has 3 aromatic carbocycles. The molecule has 4 aliphatic rings. The Kier molecular flexibility index (Phi) is 25.7. The molecule has 0 saturated carbocycles. The predicted molar refractivity (Wildman–Crippen MR) is 326 cm³/mol. The lowest BCUT2D eigenvalue weighted by Gasteiger charge is -2.53. The maximum atomic E-state index is 13.8. The van der Waals surface area contributed by atoms with Crippen molar-refractivity contribution in [3.8, 4) is 0 Å². The van der Waals surface area contributed by atoms with Crippen LogP contribution in [0.2, 0.25) is 0 Å². The van der Waals surface area contributed by atoms with E-state index in [1.807, 2.05) is 78.9 Å². The normalized spacial score (nSPS) is 34.7. The van der Waals surface area contributed by atoms with Crippen LogP contribution >= 0.6 is 0 Å². The first-order valence-electron chi connectivity index (χ1n) is 32.3. The molecule has 1 amide bonds. The molecule has 4 heterocycles. The Morgan fingerprint density at radius 2 is 0.918 bits per heavy atom. The van der Waals surface area contributed by atoms with Crippen molar-refractivity contribution in [1.82, 2.24) is 4.90 Å². The SMILES string of the molecule is CC[C@@H](C)C1O[C@H](O[C@H](CC)C2O[C@H](OC3[C@@H](OC4[C@@H](OCCCN(Cc5ccccc5)C(=O)OCc5ccccc5)OC([C@H](C)CC)[C@@H](C)[C@@H]4C)OC([C@H](C)CC)[C@@H](C)[C@@H]3C)C(OC(C)=O)[C@@H](C)[C@@H]2C)C(OC(=O)c2ccccc2)[C@@H](C)[C@@H]1C. The zero-order valence-corrected chi connectivity index (χ0v) is 54.0. The van der Waals surface area contributed by atoms with E-state index in [9.17, 15) is 14.4 Å². The Balaban J connectivity index is 1.16. The highest BCUT2D eigenvalue weighted by molar-refractivity contribution is 5.89. The molecule has 0 radical (unpaired) electrons. The van der Waals surface area contributed by atoms with Crippen molar-refractivity contribution >= 4 is 18.0 Å². The first kappa shape index (κ1) is 68.0. The predicted octanol–water partition coefficient (Wildman–Crippen LogP) is 14.1. The Morgan fingerprint density at radius 1 is 0.494 bits per heavy atom. The second kappa shape index (κ2) is 32.2. The van der Waals surface area contributed by atoms with Gasteiger partial charge in [0.05, 0.1) is 42.7 Å². The van der Waals surface area contributed by atoms with E-state index in [0.29, 0.717) is 31.5 Å². The standard InChI is InChI=1S/C70H105NO14/c1-17-41(5)57-44(8)48(12)61(66(80-57)75-38-30-37-71(39-53-31-24-21-25-32-53)70(74)76-40-54-33-26-22-27-34-54)84-69-64(50(14)46(10)59(82-69)43(7)19-3)85-68-62(77-52(16)72)51(15)47(11)60(83-68)56(20-4)78-67-63(79-65(73)55-35-28-23-29-36-55)49(13)45(9)58(81-67)42(6)18-2/h21-29,31-36,41-51,56-64,66-69H,17-20,30,37-40H2,1-16H3/t41-,42-,43-,44+,45+,46+,47+,48+,49+,50+,51+,56-,57?,58?,59?,60?,61?,62?,63?,64?,66+,67+,68-,69-/m1/s1. The van der Waals surface area contributed by atoms with Gasteiger partial charge < -0.3 is 57.0 Å². The smallest absolute Gasteiger partial charge is 0.410 e. The lowest BCUT2D eigenvalue weighted by atomic mass is 9.77. The van der Waals surface area contributed by atoms with Crippen LogP contribution in [0.15, 0.2) is 91.0 Å². The topological polar surface area (TPSA) is 156 Å². The summed E-state index contributed by atoms with van der Waals surface area (Å²) in [6.07, 6.45) is -4.61. The van der Waals surface area contributed by atoms with E-state index in [2.05, 4.69) is 104 Å². The number of carbonyl (C=O) groups is 3. The van der Waals surface area contributed by atoms with Crippen LogP contribution in [0.5, 0.6) is 0 Å². The van der Waals surface area contributed by atoms with Gasteiger partial charge >= 0.3 is 18.0 Å². The van der Waals surface area contributed by atoms with E-state index in [1.54, 1.807) is 17.0 Å². The first-order valence-corrected chi connectivity index (χ1v) is 32.3. The molecule has 3 aromatic rings. The number of esters is 2. The number of nitrogens with zero attached hydrogens (tertiary/aromatic N) is 1. The second-order valence-corrected chi connectivity index (χ2v) is 25.7. The zero-order chi connectivity index (χ0) is 61.6. The number of benzene rings is 3. The minimum Gasteiger partial charge on any atom is -0.457 e. The van der Waals surface area contributed by atoms with E-state index in [-0.39, 0.29) is 96.6 Å². The molecule has 0 aromatic heterocycles. The van der Waals surface area contributed by atoms with E-state index >= 15 is 0 Å². The van der Waals surface area contributed by atoms with Crippen molar-refractivity contribution in [3.05, 3.63) is 108 Å². The fourth-order valence-corrected chi connectivity index (χ4v) is 13.2. The summed E-state index contributed by atoms with van der Waals surface area (Å²) in [5.74, 6) is -0.720. The van der Waals surface area contributed by atoms with Crippen molar-refractivity contribution in [2.75, 3.05) is 13.2 Å². The summed E-state index contributed by atoms with van der Waals surface area (Å²) in [6.45, 7) is 35.1. The molecule has 0 spiro atoms. The van der Waals surface area contributed by atoms with E-state index in [1.165, 1.54) is 6.92 Å². The Hall–Kier alpha value is -4.45. The first-order chi connectivity index (χ1) is 40.7. The van der Waals surface area contributed by atoms with Gasteiger partial charge in [0.25, 0.3) is 0 Å². The average Bonchev–Trinajstić information content (AvgIpc) is 3.63. The molecule has 24 atom stereocenters. The maximum absolute atomic E-state index is 13.8. The van der Waals surface area contributed by atoms with Gasteiger partial charge in [-0.2, -0.15) is 0 Å². The second-order valence-electron chi connectivity index (χ2n) is 25.7. The third kappa shape index (κ3) is 17.0. The molecular formula is C70H105NO14. The zero-order valence-electron chi connectivity index (χ0n) is 54.0.